The van der Waals surface area contributed by atoms with Crippen molar-refractivity contribution in [3.05, 3.63) is 90.5 Å². The van der Waals surface area contributed by atoms with Gasteiger partial charge in [-0.15, -0.1) is 0 Å². The molecular formula is C28H30N2O2. The molecule has 1 heterocycles. The lowest BCUT2D eigenvalue weighted by Gasteiger charge is -2.45. The van der Waals surface area contributed by atoms with Crippen molar-refractivity contribution in [3.8, 4) is 0 Å². The van der Waals surface area contributed by atoms with Gasteiger partial charge in [0.05, 0.1) is 18.3 Å². The molecule has 1 aliphatic heterocycles. The van der Waals surface area contributed by atoms with Gasteiger partial charge in [-0.25, -0.2) is 0 Å². The van der Waals surface area contributed by atoms with Crippen molar-refractivity contribution in [1.29, 1.82) is 0 Å². The Labute approximate surface area is 190 Å². The van der Waals surface area contributed by atoms with Gasteiger partial charge in [0.15, 0.2) is 0 Å². The van der Waals surface area contributed by atoms with Gasteiger partial charge in [-0.1, -0.05) is 67.4 Å². The first kappa shape index (κ1) is 20.9. The molecule has 0 radical (unpaired) electrons. The van der Waals surface area contributed by atoms with Crippen molar-refractivity contribution < 1.29 is 9.47 Å². The van der Waals surface area contributed by atoms with Crippen molar-refractivity contribution in [2.45, 2.75) is 43.5 Å². The van der Waals surface area contributed by atoms with E-state index in [9.17, 15) is 0 Å². The SMILES string of the molecule is COC1(CN(c2ccccc2)c2ccccc2)c2ccccc2N=CC1OC1CCCC1. The molecule has 4 heteroatoms. The molecule has 2 atom stereocenters. The molecule has 0 saturated heterocycles. The minimum absolute atomic E-state index is 0.258. The summed E-state index contributed by atoms with van der Waals surface area (Å²) in [5.41, 5.74) is 3.57. The number of hydrogen-bond donors (Lipinski definition) is 0. The van der Waals surface area contributed by atoms with Crippen LogP contribution in [-0.4, -0.2) is 32.1 Å². The fraction of sp³-hybridized carbons (Fsp3) is 0.321. The van der Waals surface area contributed by atoms with E-state index in [2.05, 4.69) is 71.6 Å². The summed E-state index contributed by atoms with van der Waals surface area (Å²) < 4.78 is 13.1. The van der Waals surface area contributed by atoms with Crippen LogP contribution in [0.4, 0.5) is 17.1 Å². The highest BCUT2D eigenvalue weighted by atomic mass is 16.6. The van der Waals surface area contributed by atoms with Crippen molar-refractivity contribution in [3.63, 3.8) is 0 Å². The Morgan fingerprint density at radius 2 is 1.44 bits per heavy atom. The van der Waals surface area contributed by atoms with Gasteiger partial charge in [-0.2, -0.15) is 0 Å². The summed E-state index contributed by atoms with van der Waals surface area (Å²) >= 11 is 0. The van der Waals surface area contributed by atoms with E-state index in [0.717, 1.165) is 35.5 Å². The summed E-state index contributed by atoms with van der Waals surface area (Å²) in [5.74, 6) is 0. The maximum absolute atomic E-state index is 6.69. The van der Waals surface area contributed by atoms with E-state index >= 15 is 0 Å². The predicted molar refractivity (Wildman–Crippen MR) is 130 cm³/mol. The highest BCUT2D eigenvalue weighted by Gasteiger charge is 2.47. The molecule has 1 saturated carbocycles. The van der Waals surface area contributed by atoms with Gasteiger partial charge >= 0.3 is 0 Å². The summed E-state index contributed by atoms with van der Waals surface area (Å²) in [5, 5.41) is 0. The van der Waals surface area contributed by atoms with Gasteiger partial charge in [0.1, 0.15) is 11.7 Å². The number of ether oxygens (including phenoxy) is 2. The number of hydrogen-bond acceptors (Lipinski definition) is 4. The number of rotatable bonds is 7. The lowest BCUT2D eigenvalue weighted by atomic mass is 9.83. The molecule has 0 N–H and O–H groups in total. The van der Waals surface area contributed by atoms with E-state index in [1.807, 2.05) is 24.4 Å². The Kier molecular flexibility index (Phi) is 6.06. The third-order valence-corrected chi connectivity index (χ3v) is 6.70. The van der Waals surface area contributed by atoms with Gasteiger partial charge in [0, 0.05) is 30.3 Å². The first-order valence-corrected chi connectivity index (χ1v) is 11.5. The number of para-hydroxylation sites is 3. The van der Waals surface area contributed by atoms with Gasteiger partial charge in [-0.3, -0.25) is 4.99 Å². The zero-order chi connectivity index (χ0) is 21.8. The Bertz CT molecular complexity index is 1010. The van der Waals surface area contributed by atoms with E-state index in [4.69, 9.17) is 14.5 Å². The summed E-state index contributed by atoms with van der Waals surface area (Å²) in [7, 11) is 1.80. The van der Waals surface area contributed by atoms with E-state index in [0.29, 0.717) is 6.54 Å². The lowest BCUT2D eigenvalue weighted by molar-refractivity contribution is -0.120. The molecule has 4 nitrogen and oxygen atoms in total. The van der Waals surface area contributed by atoms with Crippen LogP contribution in [0.15, 0.2) is 89.9 Å². The first-order chi connectivity index (χ1) is 15.8. The van der Waals surface area contributed by atoms with Crippen LogP contribution in [0.2, 0.25) is 0 Å². The predicted octanol–water partition coefficient (Wildman–Crippen LogP) is 6.41. The molecule has 5 rings (SSSR count). The van der Waals surface area contributed by atoms with Crippen LogP contribution >= 0.6 is 0 Å². The molecule has 1 aliphatic carbocycles. The molecule has 0 spiro atoms. The molecule has 2 aliphatic rings. The van der Waals surface area contributed by atoms with E-state index in [-0.39, 0.29) is 12.2 Å². The summed E-state index contributed by atoms with van der Waals surface area (Å²) in [6, 6.07) is 29.3. The monoisotopic (exact) mass is 426 g/mol. The Morgan fingerprint density at radius 3 is 2.06 bits per heavy atom. The molecule has 3 aromatic carbocycles. The first-order valence-electron chi connectivity index (χ1n) is 11.5. The molecule has 164 valence electrons. The van der Waals surface area contributed by atoms with Crippen molar-refractivity contribution in [1.82, 2.24) is 0 Å². The zero-order valence-corrected chi connectivity index (χ0v) is 18.6. The second kappa shape index (κ2) is 9.27. The molecule has 3 aromatic rings. The molecule has 2 unspecified atom stereocenters. The van der Waals surface area contributed by atoms with E-state index < -0.39 is 5.60 Å². The normalized spacial score (nSPS) is 22.6. The Balaban J connectivity index is 1.60. The number of nitrogens with zero attached hydrogens (tertiary/aromatic N) is 2. The van der Waals surface area contributed by atoms with E-state index in [1.165, 1.54) is 12.8 Å². The number of anilines is 2. The van der Waals surface area contributed by atoms with Crippen molar-refractivity contribution in [2.75, 3.05) is 18.6 Å². The molecule has 0 bridgehead atoms. The van der Waals surface area contributed by atoms with Crippen molar-refractivity contribution in [2.24, 2.45) is 4.99 Å². The maximum Gasteiger partial charge on any atom is 0.144 e. The van der Waals surface area contributed by atoms with Crippen LogP contribution in [0, 0.1) is 0 Å². The summed E-state index contributed by atoms with van der Waals surface area (Å²) in [6.45, 7) is 0.609. The molecule has 0 aromatic heterocycles. The fourth-order valence-electron chi connectivity index (χ4n) is 4.99. The van der Waals surface area contributed by atoms with Gasteiger partial charge in [-0.05, 0) is 43.2 Å². The van der Waals surface area contributed by atoms with Crippen LogP contribution in [0.5, 0.6) is 0 Å². The third-order valence-electron chi connectivity index (χ3n) is 6.70. The smallest absolute Gasteiger partial charge is 0.144 e. The number of benzene rings is 3. The average Bonchev–Trinajstić information content (AvgIpc) is 3.38. The third kappa shape index (κ3) is 3.96. The van der Waals surface area contributed by atoms with Gasteiger partial charge < -0.3 is 14.4 Å². The Morgan fingerprint density at radius 1 is 0.844 bits per heavy atom. The summed E-state index contributed by atoms with van der Waals surface area (Å²) in [6.07, 6.45) is 6.61. The standard InChI is InChI=1S/C28H30N2O2/c1-31-28(21-30(22-12-4-2-5-13-22)23-14-6-3-7-15-23)25-18-10-11-19-26(25)29-20-27(28)32-24-16-8-9-17-24/h2-7,10-15,18-20,24,27H,8-9,16-17,21H2,1H3. The largest absolute Gasteiger partial charge is 0.368 e. The second-order valence-electron chi connectivity index (χ2n) is 8.61. The van der Waals surface area contributed by atoms with Gasteiger partial charge in [0.25, 0.3) is 0 Å². The average molecular weight is 427 g/mol. The number of aliphatic imine (C=N–C) groups is 1. The molecule has 32 heavy (non-hydrogen) atoms. The number of methoxy groups -OCH3 is 1. The second-order valence-corrected chi connectivity index (χ2v) is 8.61. The van der Waals surface area contributed by atoms with Crippen LogP contribution in [0.1, 0.15) is 31.2 Å². The Hall–Kier alpha value is -2.95. The minimum Gasteiger partial charge on any atom is -0.368 e. The lowest BCUT2D eigenvalue weighted by Crippen LogP contribution is -2.53. The quantitative estimate of drug-likeness (QED) is 0.438. The highest BCUT2D eigenvalue weighted by Crippen LogP contribution is 2.43. The van der Waals surface area contributed by atoms with Crippen LogP contribution in [0.25, 0.3) is 0 Å². The fourth-order valence-corrected chi connectivity index (χ4v) is 4.99. The van der Waals surface area contributed by atoms with Crippen LogP contribution in [-0.2, 0) is 15.1 Å². The van der Waals surface area contributed by atoms with Crippen molar-refractivity contribution >= 4 is 23.3 Å². The van der Waals surface area contributed by atoms with Gasteiger partial charge in [0.2, 0.25) is 0 Å². The molecular weight excluding hydrogens is 396 g/mol. The van der Waals surface area contributed by atoms with Crippen LogP contribution in [0.3, 0.4) is 0 Å². The zero-order valence-electron chi connectivity index (χ0n) is 18.6. The minimum atomic E-state index is -0.688. The topological polar surface area (TPSA) is 34.1 Å². The number of fused-ring (bicyclic) bond motifs is 1. The summed E-state index contributed by atoms with van der Waals surface area (Å²) in [4.78, 5) is 7.09. The molecule has 1 fully saturated rings. The van der Waals surface area contributed by atoms with E-state index in [1.54, 1.807) is 7.11 Å². The van der Waals surface area contributed by atoms with Crippen LogP contribution < -0.4 is 4.90 Å². The maximum atomic E-state index is 6.69. The highest BCUT2D eigenvalue weighted by molar-refractivity contribution is 5.77. The molecule has 0 amide bonds.